The van der Waals surface area contributed by atoms with E-state index in [-0.39, 0.29) is 18.1 Å². The Kier molecular flexibility index (Phi) is 6.43. The summed E-state index contributed by atoms with van der Waals surface area (Å²) < 4.78 is 4.89. The van der Waals surface area contributed by atoms with E-state index in [0.29, 0.717) is 21.7 Å². The molecule has 0 saturated heterocycles. The summed E-state index contributed by atoms with van der Waals surface area (Å²) in [6.07, 6.45) is 0. The van der Waals surface area contributed by atoms with Gasteiger partial charge in [-0.15, -0.1) is 11.3 Å². The quantitative estimate of drug-likeness (QED) is 0.736. The number of nitrogens with zero attached hydrogens (tertiary/aromatic N) is 1. The number of carbonyl (C=O) groups excluding carboxylic acids is 2. The third-order valence-corrected chi connectivity index (χ3v) is 5.23. The van der Waals surface area contributed by atoms with Gasteiger partial charge < -0.3 is 10.1 Å². The lowest BCUT2D eigenvalue weighted by Gasteiger charge is -2.24. The Balaban J connectivity index is 2.03. The maximum atomic E-state index is 12.6. The second-order valence-corrected chi connectivity index (χ2v) is 7.54. The fraction of sp³-hybridized carbons (Fsp3) is 0.353. The van der Waals surface area contributed by atoms with Crippen molar-refractivity contribution in [3.63, 3.8) is 0 Å². The molecule has 134 valence electrons. The number of halogens is 2. The molecular weight excluding hydrogens is 383 g/mol. The van der Waals surface area contributed by atoms with Crippen LogP contribution in [0.1, 0.15) is 41.8 Å². The van der Waals surface area contributed by atoms with Crippen molar-refractivity contribution in [2.24, 2.45) is 0 Å². The van der Waals surface area contributed by atoms with Crippen molar-refractivity contribution in [3.8, 4) is 0 Å². The number of hydrogen-bond acceptors (Lipinski definition) is 5. The van der Waals surface area contributed by atoms with Crippen molar-refractivity contribution in [1.29, 1.82) is 0 Å². The van der Waals surface area contributed by atoms with E-state index in [4.69, 9.17) is 27.9 Å². The lowest BCUT2D eigenvalue weighted by molar-refractivity contribution is -0.125. The smallest absolute Gasteiger partial charge is 0.357 e. The molecule has 0 aliphatic carbocycles. The van der Waals surface area contributed by atoms with Crippen LogP contribution in [0.25, 0.3) is 0 Å². The maximum absolute atomic E-state index is 12.6. The molecule has 5 nitrogen and oxygen atoms in total. The summed E-state index contributed by atoms with van der Waals surface area (Å²) in [5.74, 6) is -0.647. The molecule has 0 atom stereocenters. The van der Waals surface area contributed by atoms with Crippen LogP contribution in [0.15, 0.2) is 23.6 Å². The Morgan fingerprint density at radius 1 is 1.28 bits per heavy atom. The second-order valence-electron chi connectivity index (χ2n) is 5.78. The monoisotopic (exact) mass is 400 g/mol. The molecular formula is C17H18Cl2N2O3S. The fourth-order valence-corrected chi connectivity index (χ4v) is 3.08. The number of hydrogen-bond donors (Lipinski definition) is 1. The normalized spacial score (nSPS) is 11.2. The van der Waals surface area contributed by atoms with Gasteiger partial charge in [0.1, 0.15) is 5.01 Å². The molecule has 0 fully saturated rings. The third-order valence-electron chi connectivity index (χ3n) is 3.65. The van der Waals surface area contributed by atoms with E-state index in [1.165, 1.54) is 11.3 Å². The van der Waals surface area contributed by atoms with Crippen LogP contribution in [-0.2, 0) is 21.5 Å². The maximum Gasteiger partial charge on any atom is 0.357 e. The lowest BCUT2D eigenvalue weighted by atomic mass is 9.84. The average Bonchev–Trinajstić information content (AvgIpc) is 3.04. The Labute approximate surface area is 160 Å². The molecule has 0 bridgehead atoms. The Morgan fingerprint density at radius 3 is 2.64 bits per heavy atom. The predicted octanol–water partition coefficient (Wildman–Crippen LogP) is 4.22. The van der Waals surface area contributed by atoms with Gasteiger partial charge in [-0.25, -0.2) is 9.78 Å². The molecule has 0 spiro atoms. The molecule has 0 unspecified atom stereocenters. The van der Waals surface area contributed by atoms with E-state index >= 15 is 0 Å². The number of esters is 1. The van der Waals surface area contributed by atoms with Gasteiger partial charge in [-0.1, -0.05) is 29.3 Å². The van der Waals surface area contributed by atoms with E-state index in [9.17, 15) is 9.59 Å². The molecule has 1 aromatic heterocycles. The van der Waals surface area contributed by atoms with Crippen molar-refractivity contribution >= 4 is 46.4 Å². The molecule has 0 aliphatic heterocycles. The zero-order chi connectivity index (χ0) is 18.6. The number of ether oxygens (including phenoxy) is 1. The molecule has 1 N–H and O–H groups in total. The highest BCUT2D eigenvalue weighted by Gasteiger charge is 2.30. The lowest BCUT2D eigenvalue weighted by Crippen LogP contribution is -2.39. The minimum Gasteiger partial charge on any atom is -0.461 e. The topological polar surface area (TPSA) is 68.3 Å². The average molecular weight is 401 g/mol. The fourth-order valence-electron chi connectivity index (χ4n) is 2.08. The number of nitrogens with one attached hydrogen (secondary N) is 1. The summed E-state index contributed by atoms with van der Waals surface area (Å²) in [5.41, 5.74) is 0.209. The van der Waals surface area contributed by atoms with Crippen molar-refractivity contribution in [2.45, 2.75) is 32.7 Å². The summed E-state index contributed by atoms with van der Waals surface area (Å²) in [7, 11) is 0. The van der Waals surface area contributed by atoms with Gasteiger partial charge in [0.2, 0.25) is 5.91 Å². The van der Waals surface area contributed by atoms with Crippen molar-refractivity contribution in [2.75, 3.05) is 6.61 Å². The molecule has 0 aliphatic rings. The third kappa shape index (κ3) is 4.71. The van der Waals surface area contributed by atoms with Crippen molar-refractivity contribution in [3.05, 3.63) is 49.9 Å². The minimum absolute atomic E-state index is 0.182. The van der Waals surface area contributed by atoms with Crippen LogP contribution in [0.3, 0.4) is 0 Å². The summed E-state index contributed by atoms with van der Waals surface area (Å²) in [6.45, 7) is 5.85. The number of aromatic nitrogens is 1. The van der Waals surface area contributed by atoms with Gasteiger partial charge in [0.15, 0.2) is 5.69 Å². The van der Waals surface area contributed by atoms with Crippen LogP contribution in [-0.4, -0.2) is 23.5 Å². The Morgan fingerprint density at radius 2 is 2.00 bits per heavy atom. The van der Waals surface area contributed by atoms with E-state index in [1.807, 2.05) is 0 Å². The second kappa shape index (κ2) is 8.17. The summed E-state index contributed by atoms with van der Waals surface area (Å²) in [4.78, 5) is 28.4. The van der Waals surface area contributed by atoms with Crippen LogP contribution < -0.4 is 5.32 Å². The zero-order valence-corrected chi connectivity index (χ0v) is 16.4. The van der Waals surface area contributed by atoms with E-state index in [2.05, 4.69) is 10.3 Å². The van der Waals surface area contributed by atoms with Gasteiger partial charge in [-0.2, -0.15) is 0 Å². The first-order chi connectivity index (χ1) is 11.8. The van der Waals surface area contributed by atoms with Crippen LogP contribution >= 0.6 is 34.5 Å². The molecule has 0 radical (unpaired) electrons. The molecule has 2 aromatic rings. The van der Waals surface area contributed by atoms with Gasteiger partial charge in [0.25, 0.3) is 0 Å². The van der Waals surface area contributed by atoms with Crippen LogP contribution in [0.4, 0.5) is 0 Å². The standard InChI is InChI=1S/C17H18Cl2N2O3S/c1-4-24-15(22)13-9-25-14(21-13)8-20-16(23)17(2,3)10-5-6-11(18)12(19)7-10/h5-7,9H,4,8H2,1-3H3,(H,20,23). The van der Waals surface area contributed by atoms with Crippen molar-refractivity contribution in [1.82, 2.24) is 10.3 Å². The number of amides is 1. The summed E-state index contributed by atoms with van der Waals surface area (Å²) in [5, 5.41) is 5.92. The molecule has 8 heteroatoms. The summed E-state index contributed by atoms with van der Waals surface area (Å²) in [6, 6.07) is 5.13. The highest BCUT2D eigenvalue weighted by Crippen LogP contribution is 2.30. The number of carbonyl (C=O) groups is 2. The first-order valence-electron chi connectivity index (χ1n) is 7.61. The van der Waals surface area contributed by atoms with Crippen molar-refractivity contribution < 1.29 is 14.3 Å². The minimum atomic E-state index is -0.796. The number of thiazole rings is 1. The largest absolute Gasteiger partial charge is 0.461 e. The van der Waals surface area contributed by atoms with E-state index in [1.54, 1.807) is 44.4 Å². The molecule has 2 rings (SSSR count). The van der Waals surface area contributed by atoms with Gasteiger partial charge in [-0.05, 0) is 38.5 Å². The number of benzene rings is 1. The molecule has 25 heavy (non-hydrogen) atoms. The predicted molar refractivity (Wildman–Crippen MR) is 99.4 cm³/mol. The van der Waals surface area contributed by atoms with Gasteiger partial charge in [0.05, 0.1) is 28.6 Å². The highest BCUT2D eigenvalue weighted by atomic mass is 35.5. The first-order valence-corrected chi connectivity index (χ1v) is 9.24. The van der Waals surface area contributed by atoms with E-state index < -0.39 is 11.4 Å². The van der Waals surface area contributed by atoms with Gasteiger partial charge in [-0.3, -0.25) is 4.79 Å². The number of rotatable bonds is 6. The Bertz CT molecular complexity index is 790. The zero-order valence-electron chi connectivity index (χ0n) is 14.1. The van der Waals surface area contributed by atoms with Crippen LogP contribution in [0, 0.1) is 0 Å². The highest BCUT2D eigenvalue weighted by molar-refractivity contribution is 7.09. The van der Waals surface area contributed by atoms with Crippen LogP contribution in [0.2, 0.25) is 10.0 Å². The molecule has 1 heterocycles. The first kappa shape index (κ1) is 19.7. The Hall–Kier alpha value is -1.63. The van der Waals surface area contributed by atoms with E-state index in [0.717, 1.165) is 5.56 Å². The summed E-state index contributed by atoms with van der Waals surface area (Å²) >= 11 is 13.3. The van der Waals surface area contributed by atoms with Gasteiger partial charge in [0, 0.05) is 5.38 Å². The van der Waals surface area contributed by atoms with Gasteiger partial charge >= 0.3 is 5.97 Å². The molecule has 1 amide bonds. The van der Waals surface area contributed by atoms with Crippen LogP contribution in [0.5, 0.6) is 0 Å². The molecule has 1 aromatic carbocycles. The SMILES string of the molecule is CCOC(=O)c1csc(CNC(=O)C(C)(C)c2ccc(Cl)c(Cl)c2)n1. The molecule has 0 saturated carbocycles.